The van der Waals surface area contributed by atoms with Crippen LogP contribution in [0.25, 0.3) is 0 Å². The van der Waals surface area contributed by atoms with Gasteiger partial charge >= 0.3 is 0 Å². The van der Waals surface area contributed by atoms with E-state index in [9.17, 15) is 9.59 Å². The van der Waals surface area contributed by atoms with Crippen molar-refractivity contribution >= 4 is 27.7 Å². The summed E-state index contributed by atoms with van der Waals surface area (Å²) >= 11 is 3.37. The lowest BCUT2D eigenvalue weighted by molar-refractivity contribution is -0.125. The third-order valence-electron chi connectivity index (χ3n) is 2.65. The molecule has 2 amide bonds. The van der Waals surface area contributed by atoms with Crippen molar-refractivity contribution in [2.75, 3.05) is 13.1 Å². The van der Waals surface area contributed by atoms with Crippen LogP contribution in [-0.2, 0) is 9.59 Å². The Bertz CT molecular complexity index is 434. The van der Waals surface area contributed by atoms with Crippen LogP contribution >= 0.6 is 15.9 Å². The summed E-state index contributed by atoms with van der Waals surface area (Å²) in [4.78, 5) is 22.7. The Labute approximate surface area is 121 Å². The van der Waals surface area contributed by atoms with Crippen LogP contribution in [0.15, 0.2) is 28.7 Å². The zero-order valence-electron chi connectivity index (χ0n) is 10.8. The van der Waals surface area contributed by atoms with Crippen LogP contribution in [0.4, 0.5) is 0 Å². The SMILES string of the molecule is CCC(NC(=O)CNC(=O)CN)c1ccc(Br)cc1. The summed E-state index contributed by atoms with van der Waals surface area (Å²) in [7, 11) is 0. The van der Waals surface area contributed by atoms with Gasteiger partial charge in [0.05, 0.1) is 19.1 Å². The van der Waals surface area contributed by atoms with Crippen molar-refractivity contribution in [3.63, 3.8) is 0 Å². The summed E-state index contributed by atoms with van der Waals surface area (Å²) in [5, 5.41) is 5.31. The number of carbonyl (C=O) groups is 2. The van der Waals surface area contributed by atoms with Gasteiger partial charge in [-0.3, -0.25) is 9.59 Å². The van der Waals surface area contributed by atoms with Gasteiger partial charge in [0.15, 0.2) is 0 Å². The number of nitrogens with one attached hydrogen (secondary N) is 2. The van der Waals surface area contributed by atoms with E-state index in [1.807, 2.05) is 31.2 Å². The molecule has 0 aliphatic heterocycles. The van der Waals surface area contributed by atoms with Crippen LogP contribution in [0.3, 0.4) is 0 Å². The molecule has 1 rings (SSSR count). The van der Waals surface area contributed by atoms with Gasteiger partial charge in [-0.05, 0) is 24.1 Å². The second-order valence-electron chi connectivity index (χ2n) is 4.06. The Morgan fingerprint density at radius 3 is 2.42 bits per heavy atom. The number of rotatable bonds is 6. The van der Waals surface area contributed by atoms with Gasteiger partial charge in [0, 0.05) is 4.47 Å². The standard InChI is InChI=1S/C13H18BrN3O2/c1-2-11(9-3-5-10(14)6-4-9)17-13(19)8-16-12(18)7-15/h3-6,11H,2,7-8,15H2,1H3,(H,16,18)(H,17,19). The molecule has 0 aliphatic rings. The Kier molecular flexibility index (Phi) is 6.52. The highest BCUT2D eigenvalue weighted by Crippen LogP contribution is 2.19. The van der Waals surface area contributed by atoms with Crippen molar-refractivity contribution in [1.82, 2.24) is 10.6 Å². The van der Waals surface area contributed by atoms with Crippen molar-refractivity contribution < 1.29 is 9.59 Å². The molecule has 0 heterocycles. The number of benzene rings is 1. The van der Waals surface area contributed by atoms with E-state index in [0.717, 1.165) is 16.5 Å². The number of amides is 2. The predicted octanol–water partition coefficient (Wildman–Crippen LogP) is 1.09. The van der Waals surface area contributed by atoms with Crippen LogP contribution in [0.1, 0.15) is 24.9 Å². The lowest BCUT2D eigenvalue weighted by Crippen LogP contribution is -2.40. The molecular weight excluding hydrogens is 310 g/mol. The molecule has 1 unspecified atom stereocenters. The van der Waals surface area contributed by atoms with E-state index >= 15 is 0 Å². The Morgan fingerprint density at radius 2 is 1.89 bits per heavy atom. The van der Waals surface area contributed by atoms with Crippen LogP contribution in [0.2, 0.25) is 0 Å². The summed E-state index contributed by atoms with van der Waals surface area (Å²) in [6, 6.07) is 7.71. The summed E-state index contributed by atoms with van der Waals surface area (Å²) in [6.07, 6.45) is 0.776. The van der Waals surface area contributed by atoms with Gasteiger partial charge in [-0.15, -0.1) is 0 Å². The average Bonchev–Trinajstić information content (AvgIpc) is 2.43. The monoisotopic (exact) mass is 327 g/mol. The highest BCUT2D eigenvalue weighted by atomic mass is 79.9. The van der Waals surface area contributed by atoms with Gasteiger partial charge in [0.1, 0.15) is 0 Å². The zero-order chi connectivity index (χ0) is 14.3. The lowest BCUT2D eigenvalue weighted by atomic mass is 10.0. The fourth-order valence-electron chi connectivity index (χ4n) is 1.61. The molecule has 104 valence electrons. The molecule has 1 atom stereocenters. The third kappa shape index (κ3) is 5.40. The second-order valence-corrected chi connectivity index (χ2v) is 4.98. The van der Waals surface area contributed by atoms with E-state index in [1.165, 1.54) is 0 Å². The minimum atomic E-state index is -0.341. The van der Waals surface area contributed by atoms with Gasteiger partial charge < -0.3 is 16.4 Å². The summed E-state index contributed by atoms with van der Waals surface area (Å²) in [5.74, 6) is -0.566. The topological polar surface area (TPSA) is 84.2 Å². The Hall–Kier alpha value is -1.40. The van der Waals surface area contributed by atoms with E-state index in [1.54, 1.807) is 0 Å². The largest absolute Gasteiger partial charge is 0.348 e. The van der Waals surface area contributed by atoms with E-state index in [0.29, 0.717) is 0 Å². The molecule has 6 heteroatoms. The van der Waals surface area contributed by atoms with Crippen LogP contribution < -0.4 is 16.4 Å². The maximum Gasteiger partial charge on any atom is 0.239 e. The molecular formula is C13H18BrN3O2. The molecule has 0 aromatic heterocycles. The summed E-state index contributed by atoms with van der Waals surface area (Å²) < 4.78 is 0.993. The molecule has 0 saturated heterocycles. The molecule has 1 aromatic carbocycles. The fraction of sp³-hybridized carbons (Fsp3) is 0.385. The van der Waals surface area contributed by atoms with Gasteiger partial charge in [-0.25, -0.2) is 0 Å². The number of halogens is 1. The zero-order valence-corrected chi connectivity index (χ0v) is 12.4. The van der Waals surface area contributed by atoms with Gasteiger partial charge in [0.25, 0.3) is 0 Å². The summed E-state index contributed by atoms with van der Waals surface area (Å²) in [5.41, 5.74) is 6.17. The Morgan fingerprint density at radius 1 is 1.26 bits per heavy atom. The molecule has 0 spiro atoms. The first-order valence-corrected chi connectivity index (χ1v) is 6.87. The lowest BCUT2D eigenvalue weighted by Gasteiger charge is -2.17. The number of hydrogen-bond donors (Lipinski definition) is 3. The second kappa shape index (κ2) is 7.91. The molecule has 0 fully saturated rings. The normalized spacial score (nSPS) is 11.7. The highest BCUT2D eigenvalue weighted by molar-refractivity contribution is 9.10. The summed E-state index contributed by atoms with van der Waals surface area (Å²) in [6.45, 7) is 1.83. The van der Waals surface area contributed by atoms with Crippen molar-refractivity contribution in [2.24, 2.45) is 5.73 Å². The van der Waals surface area contributed by atoms with Crippen LogP contribution in [0.5, 0.6) is 0 Å². The number of hydrogen-bond acceptors (Lipinski definition) is 3. The van der Waals surface area contributed by atoms with Gasteiger partial charge in [-0.1, -0.05) is 35.0 Å². The number of carbonyl (C=O) groups excluding carboxylic acids is 2. The molecule has 0 radical (unpaired) electrons. The molecule has 19 heavy (non-hydrogen) atoms. The molecule has 0 bridgehead atoms. The Balaban J connectivity index is 2.54. The van der Waals surface area contributed by atoms with Crippen molar-refractivity contribution in [1.29, 1.82) is 0 Å². The van der Waals surface area contributed by atoms with Crippen LogP contribution in [0, 0.1) is 0 Å². The van der Waals surface area contributed by atoms with Crippen molar-refractivity contribution in [3.05, 3.63) is 34.3 Å². The maximum absolute atomic E-state index is 11.7. The molecule has 4 N–H and O–H groups in total. The predicted molar refractivity (Wildman–Crippen MR) is 77.4 cm³/mol. The third-order valence-corrected chi connectivity index (χ3v) is 3.18. The minimum Gasteiger partial charge on any atom is -0.348 e. The van der Waals surface area contributed by atoms with Crippen molar-refractivity contribution in [2.45, 2.75) is 19.4 Å². The van der Waals surface area contributed by atoms with Gasteiger partial charge in [0.2, 0.25) is 11.8 Å². The van der Waals surface area contributed by atoms with Gasteiger partial charge in [-0.2, -0.15) is 0 Å². The maximum atomic E-state index is 11.7. The fourth-order valence-corrected chi connectivity index (χ4v) is 1.88. The highest BCUT2D eigenvalue weighted by Gasteiger charge is 2.12. The minimum absolute atomic E-state index is 0.0525. The average molecular weight is 328 g/mol. The molecule has 1 aromatic rings. The first kappa shape index (κ1) is 15.7. The van der Waals surface area contributed by atoms with E-state index in [-0.39, 0.29) is 30.9 Å². The molecule has 0 aliphatic carbocycles. The quantitative estimate of drug-likeness (QED) is 0.731. The van der Waals surface area contributed by atoms with E-state index < -0.39 is 0 Å². The number of nitrogens with two attached hydrogens (primary N) is 1. The van der Waals surface area contributed by atoms with E-state index in [4.69, 9.17) is 5.73 Å². The first-order chi connectivity index (χ1) is 9.06. The smallest absolute Gasteiger partial charge is 0.239 e. The molecule has 0 saturated carbocycles. The first-order valence-electron chi connectivity index (χ1n) is 6.08. The van der Waals surface area contributed by atoms with E-state index in [2.05, 4.69) is 26.6 Å². The molecule has 5 nitrogen and oxygen atoms in total. The van der Waals surface area contributed by atoms with Crippen molar-refractivity contribution in [3.8, 4) is 0 Å². The van der Waals surface area contributed by atoms with Crippen LogP contribution in [-0.4, -0.2) is 24.9 Å².